The molecule has 1 heterocycles. The molecule has 1 aromatic rings. The van der Waals surface area contributed by atoms with E-state index >= 15 is 0 Å². The fourth-order valence-corrected chi connectivity index (χ4v) is 2.30. The summed E-state index contributed by atoms with van der Waals surface area (Å²) in [5, 5.41) is 3.63. The first-order valence-electron chi connectivity index (χ1n) is 7.10. The van der Waals surface area contributed by atoms with Crippen molar-refractivity contribution >= 4 is 17.6 Å². The number of carbonyl (C=O) groups is 1. The van der Waals surface area contributed by atoms with Crippen LogP contribution in [-0.2, 0) is 16.1 Å². The molecule has 0 saturated heterocycles. The number of hydrogen-bond donors (Lipinski definition) is 1. The minimum Gasteiger partial charge on any atom is -0.489 e. The summed E-state index contributed by atoms with van der Waals surface area (Å²) >= 11 is 6.22. The maximum atomic E-state index is 11.6. The van der Waals surface area contributed by atoms with Gasteiger partial charge in [0, 0.05) is 13.0 Å². The van der Waals surface area contributed by atoms with E-state index < -0.39 is 0 Å². The van der Waals surface area contributed by atoms with Crippen molar-refractivity contribution in [2.24, 2.45) is 0 Å². The monoisotopic (exact) mass is 313 g/mol. The summed E-state index contributed by atoms with van der Waals surface area (Å²) < 4.78 is 16.2. The molecule has 116 valence electrons. The van der Waals surface area contributed by atoms with Crippen LogP contribution in [0.4, 0.5) is 0 Å². The van der Waals surface area contributed by atoms with Crippen molar-refractivity contribution in [3.63, 3.8) is 0 Å². The lowest BCUT2D eigenvalue weighted by molar-refractivity contribution is -0.145. The molecule has 0 aromatic heterocycles. The second-order valence-corrected chi connectivity index (χ2v) is 5.22. The molecule has 0 saturated carbocycles. The molecule has 0 bridgehead atoms. The van der Waals surface area contributed by atoms with Crippen LogP contribution in [-0.4, -0.2) is 31.8 Å². The van der Waals surface area contributed by atoms with Crippen LogP contribution in [0.1, 0.15) is 25.8 Å². The highest BCUT2D eigenvalue weighted by atomic mass is 35.5. The van der Waals surface area contributed by atoms with Crippen molar-refractivity contribution in [2.75, 3.05) is 19.8 Å². The third-order valence-corrected chi connectivity index (χ3v) is 3.40. The molecular formula is C15H20ClNO4. The zero-order chi connectivity index (χ0) is 15.2. The van der Waals surface area contributed by atoms with Crippen molar-refractivity contribution in [3.05, 3.63) is 22.7 Å². The molecule has 0 radical (unpaired) electrons. The van der Waals surface area contributed by atoms with Crippen LogP contribution in [0.3, 0.4) is 0 Å². The Bertz CT molecular complexity index is 507. The SMILES string of the molecule is CCOC(=O)C(C)NCc1cc(Cl)c2c(c1)OCCCO2. The Labute approximate surface area is 129 Å². The van der Waals surface area contributed by atoms with Gasteiger partial charge in [-0.25, -0.2) is 0 Å². The van der Waals surface area contributed by atoms with Gasteiger partial charge in [-0.2, -0.15) is 0 Å². The number of benzene rings is 1. The second-order valence-electron chi connectivity index (χ2n) is 4.81. The van der Waals surface area contributed by atoms with E-state index in [4.69, 9.17) is 25.8 Å². The van der Waals surface area contributed by atoms with Crippen molar-refractivity contribution in [1.29, 1.82) is 0 Å². The lowest BCUT2D eigenvalue weighted by atomic mass is 10.2. The fraction of sp³-hybridized carbons (Fsp3) is 0.533. The number of carbonyl (C=O) groups excluding carboxylic acids is 1. The molecule has 1 unspecified atom stereocenters. The number of rotatable bonds is 5. The van der Waals surface area contributed by atoms with Gasteiger partial charge in [0.25, 0.3) is 0 Å². The normalized spacial score (nSPS) is 15.2. The second kappa shape index (κ2) is 7.52. The summed E-state index contributed by atoms with van der Waals surface area (Å²) in [6.07, 6.45) is 0.832. The first kappa shape index (κ1) is 15.9. The van der Waals surface area contributed by atoms with Gasteiger partial charge in [-0.3, -0.25) is 4.79 Å². The number of esters is 1. The Balaban J connectivity index is 2.02. The summed E-state index contributed by atoms with van der Waals surface area (Å²) in [6, 6.07) is 3.33. The van der Waals surface area contributed by atoms with E-state index in [-0.39, 0.29) is 12.0 Å². The van der Waals surface area contributed by atoms with Crippen molar-refractivity contribution in [3.8, 4) is 11.5 Å². The van der Waals surface area contributed by atoms with Gasteiger partial charge in [-0.05, 0) is 31.5 Å². The van der Waals surface area contributed by atoms with E-state index in [9.17, 15) is 4.79 Å². The number of nitrogens with one attached hydrogen (secondary N) is 1. The molecule has 1 aliphatic rings. The maximum Gasteiger partial charge on any atom is 0.322 e. The van der Waals surface area contributed by atoms with Gasteiger partial charge in [0.2, 0.25) is 0 Å². The Morgan fingerprint density at radius 1 is 1.43 bits per heavy atom. The third-order valence-electron chi connectivity index (χ3n) is 3.11. The summed E-state index contributed by atoms with van der Waals surface area (Å²) in [6.45, 7) is 5.64. The maximum absolute atomic E-state index is 11.6. The van der Waals surface area contributed by atoms with Crippen LogP contribution in [0.25, 0.3) is 0 Å². The van der Waals surface area contributed by atoms with Gasteiger partial charge in [0.15, 0.2) is 11.5 Å². The van der Waals surface area contributed by atoms with Gasteiger partial charge < -0.3 is 19.5 Å². The Hall–Kier alpha value is -1.46. The van der Waals surface area contributed by atoms with Crippen LogP contribution in [0.2, 0.25) is 5.02 Å². The predicted molar refractivity (Wildman–Crippen MR) is 80.0 cm³/mol. The number of halogens is 1. The zero-order valence-corrected chi connectivity index (χ0v) is 13.0. The first-order valence-corrected chi connectivity index (χ1v) is 7.47. The lowest BCUT2D eigenvalue weighted by Crippen LogP contribution is -2.34. The van der Waals surface area contributed by atoms with E-state index in [1.807, 2.05) is 12.1 Å². The number of ether oxygens (including phenoxy) is 3. The smallest absolute Gasteiger partial charge is 0.322 e. The molecule has 0 amide bonds. The highest BCUT2D eigenvalue weighted by Gasteiger charge is 2.17. The highest BCUT2D eigenvalue weighted by Crippen LogP contribution is 2.37. The molecule has 0 spiro atoms. The summed E-state index contributed by atoms with van der Waals surface area (Å²) in [5.74, 6) is 0.981. The van der Waals surface area contributed by atoms with Crippen LogP contribution >= 0.6 is 11.6 Å². The van der Waals surface area contributed by atoms with Crippen LogP contribution in [0.5, 0.6) is 11.5 Å². The number of hydrogen-bond acceptors (Lipinski definition) is 5. The molecular weight excluding hydrogens is 294 g/mol. The first-order chi connectivity index (χ1) is 10.1. The minimum absolute atomic E-state index is 0.266. The summed E-state index contributed by atoms with van der Waals surface area (Å²) in [7, 11) is 0. The molecule has 1 aromatic carbocycles. The fourth-order valence-electron chi connectivity index (χ4n) is 2.01. The molecule has 0 aliphatic carbocycles. The summed E-state index contributed by atoms with van der Waals surface area (Å²) in [4.78, 5) is 11.6. The molecule has 0 fully saturated rings. The quantitative estimate of drug-likeness (QED) is 0.847. The van der Waals surface area contributed by atoms with Crippen LogP contribution < -0.4 is 14.8 Å². The molecule has 6 heteroatoms. The Morgan fingerprint density at radius 2 is 2.19 bits per heavy atom. The minimum atomic E-state index is -0.375. The zero-order valence-electron chi connectivity index (χ0n) is 12.3. The van der Waals surface area contributed by atoms with Gasteiger partial charge >= 0.3 is 5.97 Å². The topological polar surface area (TPSA) is 56.8 Å². The highest BCUT2D eigenvalue weighted by molar-refractivity contribution is 6.32. The van der Waals surface area contributed by atoms with Gasteiger partial charge in [-0.15, -0.1) is 0 Å². The van der Waals surface area contributed by atoms with Crippen LogP contribution in [0, 0.1) is 0 Å². The van der Waals surface area contributed by atoms with E-state index in [2.05, 4.69) is 5.32 Å². The van der Waals surface area contributed by atoms with Crippen molar-refractivity contribution < 1.29 is 19.0 Å². The average Bonchev–Trinajstić information content (AvgIpc) is 2.70. The van der Waals surface area contributed by atoms with E-state index in [1.54, 1.807) is 13.8 Å². The van der Waals surface area contributed by atoms with Crippen molar-refractivity contribution in [2.45, 2.75) is 32.9 Å². The molecule has 21 heavy (non-hydrogen) atoms. The molecule has 1 atom stereocenters. The molecule has 1 N–H and O–H groups in total. The molecule has 1 aliphatic heterocycles. The van der Waals surface area contributed by atoms with Gasteiger partial charge in [0.1, 0.15) is 6.04 Å². The van der Waals surface area contributed by atoms with Gasteiger partial charge in [-0.1, -0.05) is 11.6 Å². The lowest BCUT2D eigenvalue weighted by Gasteiger charge is -2.15. The van der Waals surface area contributed by atoms with Crippen molar-refractivity contribution in [1.82, 2.24) is 5.32 Å². The van der Waals surface area contributed by atoms with Crippen LogP contribution in [0.15, 0.2) is 12.1 Å². The standard InChI is InChI=1S/C15H20ClNO4/c1-3-19-15(18)10(2)17-9-11-7-12(16)14-13(8-11)20-5-4-6-21-14/h7-8,10,17H,3-6,9H2,1-2H3. The summed E-state index contributed by atoms with van der Waals surface area (Å²) in [5.41, 5.74) is 0.931. The van der Waals surface area contributed by atoms with E-state index in [1.165, 1.54) is 0 Å². The Morgan fingerprint density at radius 3 is 2.95 bits per heavy atom. The van der Waals surface area contributed by atoms with E-state index in [0.717, 1.165) is 12.0 Å². The molecule has 2 rings (SSSR count). The predicted octanol–water partition coefficient (Wildman–Crippen LogP) is 2.54. The largest absolute Gasteiger partial charge is 0.489 e. The number of fused-ring (bicyclic) bond motifs is 1. The average molecular weight is 314 g/mol. The Kier molecular flexibility index (Phi) is 5.70. The third kappa shape index (κ3) is 4.25. The van der Waals surface area contributed by atoms with Gasteiger partial charge in [0.05, 0.1) is 24.8 Å². The molecule has 5 nitrogen and oxygen atoms in total. The van der Waals surface area contributed by atoms with E-state index in [0.29, 0.717) is 42.9 Å².